The van der Waals surface area contributed by atoms with E-state index in [0.717, 1.165) is 0 Å². The first-order chi connectivity index (χ1) is 6.56. The van der Waals surface area contributed by atoms with Crippen LogP contribution in [0.3, 0.4) is 0 Å². The Balaban J connectivity index is 3.13. The van der Waals surface area contributed by atoms with E-state index >= 15 is 0 Å². The number of rotatable bonds is 2. The first kappa shape index (κ1) is 10.7. The lowest BCUT2D eigenvalue weighted by atomic mass is 10.00. The van der Waals surface area contributed by atoms with E-state index in [2.05, 4.69) is 5.32 Å². The highest BCUT2D eigenvalue weighted by Crippen LogP contribution is 2.19. The van der Waals surface area contributed by atoms with Crippen LogP contribution in [0, 0.1) is 5.82 Å². The van der Waals surface area contributed by atoms with Gasteiger partial charge < -0.3 is 5.32 Å². The molecule has 0 bridgehead atoms. The molecule has 0 aromatic heterocycles. The highest BCUT2D eigenvalue weighted by atomic mass is 19.1. The van der Waals surface area contributed by atoms with Crippen molar-refractivity contribution in [2.45, 2.75) is 19.8 Å². The molecule has 0 unspecified atom stereocenters. The number of nitrogens with one attached hydrogen (secondary N) is 1. The summed E-state index contributed by atoms with van der Waals surface area (Å²) in [4.78, 5) is 11.3. The average Bonchev–Trinajstić information content (AvgIpc) is 2.17. The monoisotopic (exact) mass is 195 g/mol. The Kier molecular flexibility index (Phi) is 3.23. The fraction of sp³-hybridized carbons (Fsp3) is 0.364. The zero-order valence-electron chi connectivity index (χ0n) is 8.60. The highest BCUT2D eigenvalue weighted by molar-refractivity contribution is 5.94. The maximum atomic E-state index is 13.3. The fourth-order valence-electron chi connectivity index (χ4n) is 1.27. The molecule has 2 nitrogen and oxygen atoms in total. The van der Waals surface area contributed by atoms with Crippen molar-refractivity contribution in [1.82, 2.24) is 5.32 Å². The Morgan fingerprint density at radius 3 is 2.57 bits per heavy atom. The zero-order chi connectivity index (χ0) is 10.7. The second-order valence-electron chi connectivity index (χ2n) is 3.47. The van der Waals surface area contributed by atoms with E-state index in [1.165, 1.54) is 12.1 Å². The van der Waals surface area contributed by atoms with E-state index in [-0.39, 0.29) is 17.6 Å². The molecule has 1 rings (SSSR count). The molecule has 1 N–H and O–H groups in total. The third-order valence-electron chi connectivity index (χ3n) is 2.11. The number of carbonyl (C=O) groups is 1. The second-order valence-corrected chi connectivity index (χ2v) is 3.47. The van der Waals surface area contributed by atoms with Crippen molar-refractivity contribution in [3.05, 3.63) is 35.1 Å². The lowest BCUT2D eigenvalue weighted by molar-refractivity contribution is 0.0963. The summed E-state index contributed by atoms with van der Waals surface area (Å²) in [6, 6.07) is 4.42. The van der Waals surface area contributed by atoms with Crippen LogP contribution in [0.5, 0.6) is 0 Å². The van der Waals surface area contributed by atoms with Crippen LogP contribution >= 0.6 is 0 Å². The minimum Gasteiger partial charge on any atom is -0.355 e. The zero-order valence-corrected chi connectivity index (χ0v) is 8.60. The Morgan fingerprint density at radius 1 is 1.43 bits per heavy atom. The van der Waals surface area contributed by atoms with Crippen LogP contribution in [0.4, 0.5) is 4.39 Å². The molecule has 1 aromatic rings. The summed E-state index contributed by atoms with van der Waals surface area (Å²) in [5, 5.41) is 2.51. The molecule has 1 amide bonds. The average molecular weight is 195 g/mol. The van der Waals surface area contributed by atoms with Crippen molar-refractivity contribution >= 4 is 5.91 Å². The van der Waals surface area contributed by atoms with Gasteiger partial charge in [0.1, 0.15) is 5.82 Å². The molecule has 0 spiro atoms. The fourth-order valence-corrected chi connectivity index (χ4v) is 1.27. The van der Waals surface area contributed by atoms with Crippen molar-refractivity contribution in [3.8, 4) is 0 Å². The van der Waals surface area contributed by atoms with Crippen molar-refractivity contribution in [1.29, 1.82) is 0 Å². The van der Waals surface area contributed by atoms with Gasteiger partial charge in [0.2, 0.25) is 0 Å². The summed E-state index contributed by atoms with van der Waals surface area (Å²) < 4.78 is 13.3. The van der Waals surface area contributed by atoms with Gasteiger partial charge >= 0.3 is 0 Å². The molecule has 0 aliphatic heterocycles. The third kappa shape index (κ3) is 2.10. The van der Waals surface area contributed by atoms with Crippen LogP contribution < -0.4 is 5.32 Å². The molecule has 0 radical (unpaired) electrons. The third-order valence-corrected chi connectivity index (χ3v) is 2.11. The Hall–Kier alpha value is -1.38. The van der Waals surface area contributed by atoms with Crippen molar-refractivity contribution in [2.75, 3.05) is 7.05 Å². The van der Waals surface area contributed by atoms with Gasteiger partial charge in [-0.15, -0.1) is 0 Å². The van der Waals surface area contributed by atoms with Crippen LogP contribution in [-0.2, 0) is 0 Å². The Bertz CT molecular complexity index is 347. The number of halogens is 1. The van der Waals surface area contributed by atoms with Gasteiger partial charge in [0, 0.05) is 12.6 Å². The minimum absolute atomic E-state index is 0.0830. The maximum Gasteiger partial charge on any atom is 0.251 e. The lowest BCUT2D eigenvalue weighted by Gasteiger charge is -2.08. The van der Waals surface area contributed by atoms with E-state index in [0.29, 0.717) is 11.1 Å². The van der Waals surface area contributed by atoms with Crippen molar-refractivity contribution in [2.24, 2.45) is 0 Å². The number of carbonyl (C=O) groups excluding carboxylic acids is 1. The number of hydrogen-bond acceptors (Lipinski definition) is 1. The van der Waals surface area contributed by atoms with Crippen LogP contribution in [0.25, 0.3) is 0 Å². The largest absolute Gasteiger partial charge is 0.355 e. The van der Waals surface area contributed by atoms with Crippen molar-refractivity contribution in [3.63, 3.8) is 0 Å². The van der Waals surface area contributed by atoms with Gasteiger partial charge in [0.15, 0.2) is 0 Å². The number of amides is 1. The molecule has 14 heavy (non-hydrogen) atoms. The summed E-state index contributed by atoms with van der Waals surface area (Å²) in [5.41, 5.74) is 1.07. The molecule has 0 saturated heterocycles. The van der Waals surface area contributed by atoms with Gasteiger partial charge in [-0.05, 0) is 29.7 Å². The summed E-state index contributed by atoms with van der Waals surface area (Å²) in [6.45, 7) is 3.79. The quantitative estimate of drug-likeness (QED) is 0.770. The van der Waals surface area contributed by atoms with Crippen LogP contribution in [0.2, 0.25) is 0 Å². The van der Waals surface area contributed by atoms with Crippen LogP contribution in [0.1, 0.15) is 35.7 Å². The molecule has 0 aliphatic rings. The molecule has 0 heterocycles. The summed E-state index contributed by atoms with van der Waals surface area (Å²) in [5.74, 6) is -0.362. The SMILES string of the molecule is CNC(=O)c1ccc(F)c(C(C)C)c1. The van der Waals surface area contributed by atoms with E-state index in [1.54, 1.807) is 13.1 Å². The number of hydrogen-bond donors (Lipinski definition) is 1. The van der Waals surface area contributed by atoms with Gasteiger partial charge in [0.05, 0.1) is 0 Å². The first-order valence-electron chi connectivity index (χ1n) is 4.57. The molecule has 3 heteroatoms. The van der Waals surface area contributed by atoms with E-state index in [9.17, 15) is 9.18 Å². The summed E-state index contributed by atoms with van der Waals surface area (Å²) in [6.07, 6.45) is 0. The normalized spacial score (nSPS) is 10.4. The molecule has 0 saturated carbocycles. The highest BCUT2D eigenvalue weighted by Gasteiger charge is 2.10. The van der Waals surface area contributed by atoms with Gasteiger partial charge in [-0.1, -0.05) is 13.8 Å². The molecule has 1 aromatic carbocycles. The maximum absolute atomic E-state index is 13.3. The Labute approximate surface area is 83.1 Å². The first-order valence-corrected chi connectivity index (χ1v) is 4.57. The molecule has 76 valence electrons. The smallest absolute Gasteiger partial charge is 0.251 e. The lowest BCUT2D eigenvalue weighted by Crippen LogP contribution is -2.18. The topological polar surface area (TPSA) is 29.1 Å². The van der Waals surface area contributed by atoms with E-state index < -0.39 is 0 Å². The summed E-state index contributed by atoms with van der Waals surface area (Å²) >= 11 is 0. The van der Waals surface area contributed by atoms with Gasteiger partial charge in [-0.2, -0.15) is 0 Å². The number of benzene rings is 1. The predicted molar refractivity (Wildman–Crippen MR) is 53.9 cm³/mol. The molecule has 0 aliphatic carbocycles. The molecule has 0 atom stereocenters. The Morgan fingerprint density at radius 2 is 2.07 bits per heavy atom. The summed E-state index contributed by atoms with van der Waals surface area (Å²) in [7, 11) is 1.56. The minimum atomic E-state index is -0.257. The van der Waals surface area contributed by atoms with E-state index in [1.807, 2.05) is 13.8 Å². The molecular formula is C11H14FNO. The standard InChI is InChI=1S/C11H14FNO/c1-7(2)9-6-8(11(14)13-3)4-5-10(9)12/h4-7H,1-3H3,(H,13,14). The van der Waals surface area contributed by atoms with Crippen LogP contribution in [0.15, 0.2) is 18.2 Å². The van der Waals surface area contributed by atoms with E-state index in [4.69, 9.17) is 0 Å². The molecule has 0 fully saturated rings. The van der Waals surface area contributed by atoms with Crippen molar-refractivity contribution < 1.29 is 9.18 Å². The van der Waals surface area contributed by atoms with Gasteiger partial charge in [0.25, 0.3) is 5.91 Å². The predicted octanol–water partition coefficient (Wildman–Crippen LogP) is 2.31. The molecular weight excluding hydrogens is 181 g/mol. The van der Waals surface area contributed by atoms with Gasteiger partial charge in [-0.3, -0.25) is 4.79 Å². The second kappa shape index (κ2) is 4.22. The van der Waals surface area contributed by atoms with Crippen LogP contribution in [-0.4, -0.2) is 13.0 Å². The van der Waals surface area contributed by atoms with Gasteiger partial charge in [-0.25, -0.2) is 4.39 Å².